The van der Waals surface area contributed by atoms with E-state index in [2.05, 4.69) is 5.32 Å². The number of alkyl halides is 2. The first-order valence-corrected chi connectivity index (χ1v) is 9.45. The van der Waals surface area contributed by atoms with Gasteiger partial charge in [0.25, 0.3) is 6.43 Å². The largest absolute Gasteiger partial charge is 0.445 e. The summed E-state index contributed by atoms with van der Waals surface area (Å²) in [6, 6.07) is 9.02. The highest BCUT2D eigenvalue weighted by atomic mass is 19.3. The van der Waals surface area contributed by atoms with Gasteiger partial charge in [0, 0.05) is 13.1 Å². The van der Waals surface area contributed by atoms with Gasteiger partial charge in [-0.05, 0) is 39.2 Å². The Labute approximate surface area is 169 Å². The molecule has 2 amide bonds. The van der Waals surface area contributed by atoms with E-state index in [1.165, 1.54) is 4.90 Å². The molecule has 0 aromatic heterocycles. The zero-order chi connectivity index (χ0) is 21.7. The molecule has 0 bridgehead atoms. The molecule has 2 N–H and O–H groups in total. The number of nitrogens with one attached hydrogen (secondary N) is 1. The van der Waals surface area contributed by atoms with Crippen LogP contribution in [-0.4, -0.2) is 59.0 Å². The summed E-state index contributed by atoms with van der Waals surface area (Å²) in [5.74, 6) is 0. The van der Waals surface area contributed by atoms with Crippen LogP contribution >= 0.6 is 0 Å². The number of carbonyl (C=O) groups is 2. The van der Waals surface area contributed by atoms with Crippen molar-refractivity contribution >= 4 is 12.2 Å². The Bertz CT molecular complexity index is 696. The van der Waals surface area contributed by atoms with Crippen LogP contribution in [0.5, 0.6) is 0 Å². The summed E-state index contributed by atoms with van der Waals surface area (Å²) in [5, 5.41) is 12.5. The molecule has 0 spiro atoms. The lowest BCUT2D eigenvalue weighted by atomic mass is 9.83. The van der Waals surface area contributed by atoms with Crippen molar-refractivity contribution < 1.29 is 33.0 Å². The van der Waals surface area contributed by atoms with Crippen molar-refractivity contribution in [1.82, 2.24) is 10.2 Å². The minimum Gasteiger partial charge on any atom is -0.445 e. The Hall–Kier alpha value is -2.42. The number of alkyl carbamates (subject to hydrolysis) is 1. The van der Waals surface area contributed by atoms with Crippen LogP contribution in [0.25, 0.3) is 0 Å². The van der Waals surface area contributed by atoms with Gasteiger partial charge in [-0.2, -0.15) is 0 Å². The van der Waals surface area contributed by atoms with E-state index in [-0.39, 0.29) is 26.1 Å². The quantitative estimate of drug-likeness (QED) is 0.772. The number of likely N-dealkylation sites (tertiary alicyclic amines) is 1. The fourth-order valence-electron chi connectivity index (χ4n) is 3.22. The summed E-state index contributed by atoms with van der Waals surface area (Å²) in [4.78, 5) is 25.9. The van der Waals surface area contributed by atoms with Crippen LogP contribution in [0.15, 0.2) is 30.3 Å². The van der Waals surface area contributed by atoms with Gasteiger partial charge < -0.3 is 24.8 Å². The number of halogens is 2. The van der Waals surface area contributed by atoms with Gasteiger partial charge in [0.05, 0.1) is 5.54 Å². The number of rotatable bonds is 5. The smallest absolute Gasteiger partial charge is 0.410 e. The number of nitrogens with zero attached hydrogens (tertiary/aromatic N) is 1. The minimum absolute atomic E-state index is 0.0278. The molecule has 0 saturated carbocycles. The average molecular weight is 414 g/mol. The molecule has 1 saturated heterocycles. The third-order valence-corrected chi connectivity index (χ3v) is 4.54. The molecule has 7 nitrogen and oxygen atoms in total. The summed E-state index contributed by atoms with van der Waals surface area (Å²) in [7, 11) is 0. The minimum atomic E-state index is -3.11. The molecule has 1 aromatic rings. The number of aliphatic hydroxyl groups excluding tert-OH is 1. The van der Waals surface area contributed by atoms with Gasteiger partial charge in [0.15, 0.2) is 0 Å². The van der Waals surface area contributed by atoms with Gasteiger partial charge in [0.2, 0.25) is 0 Å². The molecule has 2 unspecified atom stereocenters. The zero-order valence-electron chi connectivity index (χ0n) is 16.9. The molecule has 1 aliphatic heterocycles. The lowest BCUT2D eigenvalue weighted by Crippen LogP contribution is -2.67. The fraction of sp³-hybridized carbons (Fsp3) is 0.600. The Kier molecular flexibility index (Phi) is 7.40. The van der Waals surface area contributed by atoms with Crippen LogP contribution in [0.4, 0.5) is 18.4 Å². The summed E-state index contributed by atoms with van der Waals surface area (Å²) in [6.07, 6.45) is -6.53. The number of amides is 2. The summed E-state index contributed by atoms with van der Waals surface area (Å²) in [5.41, 5.74) is -1.80. The molecule has 29 heavy (non-hydrogen) atoms. The number of ether oxygens (including phenoxy) is 2. The monoisotopic (exact) mass is 414 g/mol. The first-order valence-electron chi connectivity index (χ1n) is 9.45. The first-order chi connectivity index (χ1) is 13.5. The van der Waals surface area contributed by atoms with Crippen molar-refractivity contribution in [3.8, 4) is 0 Å². The molecule has 0 radical (unpaired) electrons. The molecular weight excluding hydrogens is 386 g/mol. The van der Waals surface area contributed by atoms with Gasteiger partial charge in [-0.1, -0.05) is 30.3 Å². The Morgan fingerprint density at radius 1 is 1.28 bits per heavy atom. The zero-order valence-corrected chi connectivity index (χ0v) is 16.9. The van der Waals surface area contributed by atoms with Crippen LogP contribution in [0, 0.1) is 0 Å². The second-order valence-corrected chi connectivity index (χ2v) is 8.13. The van der Waals surface area contributed by atoms with E-state index in [1.807, 2.05) is 6.07 Å². The van der Waals surface area contributed by atoms with E-state index in [9.17, 15) is 23.5 Å². The molecule has 1 aromatic carbocycles. The Morgan fingerprint density at radius 2 is 1.93 bits per heavy atom. The number of aliphatic hydroxyl groups is 1. The number of hydrogen-bond donors (Lipinski definition) is 2. The number of benzene rings is 1. The van der Waals surface area contributed by atoms with Gasteiger partial charge in [-0.25, -0.2) is 18.4 Å². The van der Waals surface area contributed by atoms with Gasteiger partial charge in [0.1, 0.15) is 18.3 Å². The number of piperidine rings is 1. The molecule has 2 rings (SSSR count). The summed E-state index contributed by atoms with van der Waals surface area (Å²) < 4.78 is 37.1. The molecule has 1 fully saturated rings. The molecule has 1 aliphatic rings. The normalized spacial score (nSPS) is 20.9. The molecule has 9 heteroatoms. The number of carbonyl (C=O) groups excluding carboxylic acids is 2. The predicted octanol–water partition coefficient (Wildman–Crippen LogP) is 3.31. The molecule has 1 heterocycles. The van der Waals surface area contributed by atoms with Crippen LogP contribution in [0.1, 0.15) is 39.2 Å². The van der Waals surface area contributed by atoms with E-state index in [0.29, 0.717) is 6.42 Å². The van der Waals surface area contributed by atoms with Crippen molar-refractivity contribution in [3.63, 3.8) is 0 Å². The van der Waals surface area contributed by atoms with Crippen LogP contribution in [-0.2, 0) is 16.1 Å². The average Bonchev–Trinajstić information content (AvgIpc) is 2.64. The Morgan fingerprint density at radius 3 is 2.52 bits per heavy atom. The van der Waals surface area contributed by atoms with Gasteiger partial charge in [-0.15, -0.1) is 0 Å². The maximum atomic E-state index is 13.4. The third-order valence-electron chi connectivity index (χ3n) is 4.54. The van der Waals surface area contributed by atoms with Gasteiger partial charge >= 0.3 is 12.2 Å². The Balaban J connectivity index is 2.10. The molecule has 0 aliphatic carbocycles. The van der Waals surface area contributed by atoms with Crippen molar-refractivity contribution in [1.29, 1.82) is 0 Å². The molecule has 2 atom stereocenters. The molecule has 162 valence electrons. The number of hydrogen-bond acceptors (Lipinski definition) is 5. The van der Waals surface area contributed by atoms with Crippen LogP contribution in [0.3, 0.4) is 0 Å². The van der Waals surface area contributed by atoms with E-state index in [4.69, 9.17) is 9.47 Å². The van der Waals surface area contributed by atoms with E-state index < -0.39 is 35.9 Å². The highest BCUT2D eigenvalue weighted by molar-refractivity contribution is 5.70. The maximum absolute atomic E-state index is 13.4. The summed E-state index contributed by atoms with van der Waals surface area (Å²) in [6.45, 7) is 4.89. The van der Waals surface area contributed by atoms with E-state index in [0.717, 1.165) is 5.56 Å². The first kappa shape index (κ1) is 22.9. The van der Waals surface area contributed by atoms with Gasteiger partial charge in [-0.3, -0.25) is 0 Å². The van der Waals surface area contributed by atoms with Crippen molar-refractivity contribution in [2.45, 2.75) is 63.9 Å². The summed E-state index contributed by atoms with van der Waals surface area (Å²) >= 11 is 0. The lowest BCUT2D eigenvalue weighted by molar-refractivity contribution is -0.0817. The topological polar surface area (TPSA) is 88.1 Å². The van der Waals surface area contributed by atoms with Crippen LogP contribution in [0.2, 0.25) is 0 Å². The maximum Gasteiger partial charge on any atom is 0.410 e. The predicted molar refractivity (Wildman–Crippen MR) is 102 cm³/mol. The van der Waals surface area contributed by atoms with Crippen LogP contribution < -0.4 is 5.32 Å². The van der Waals surface area contributed by atoms with Crippen molar-refractivity contribution in [2.75, 3.05) is 13.1 Å². The van der Waals surface area contributed by atoms with Crippen molar-refractivity contribution in [3.05, 3.63) is 35.9 Å². The lowest BCUT2D eigenvalue weighted by Gasteiger charge is -2.45. The SMILES string of the molecule is CC(C)(C)OC(=O)NC1(C(O)C(F)F)CCCN(C(=O)OCc2ccccc2)C1. The van der Waals surface area contributed by atoms with Crippen molar-refractivity contribution in [2.24, 2.45) is 0 Å². The second kappa shape index (κ2) is 9.39. The van der Waals surface area contributed by atoms with E-state index >= 15 is 0 Å². The molecular formula is C20H28F2N2O5. The second-order valence-electron chi connectivity index (χ2n) is 8.13. The fourth-order valence-corrected chi connectivity index (χ4v) is 3.22. The highest BCUT2D eigenvalue weighted by Gasteiger charge is 2.48. The third kappa shape index (κ3) is 6.56. The highest BCUT2D eigenvalue weighted by Crippen LogP contribution is 2.29. The standard InChI is InChI=1S/C20H28F2N2O5/c1-19(2,3)29-17(26)23-20(15(25)16(21)22)10-7-11-24(13-20)18(27)28-12-14-8-5-4-6-9-14/h4-6,8-9,15-16,25H,7,10-13H2,1-3H3,(H,23,26). The van der Waals surface area contributed by atoms with E-state index in [1.54, 1.807) is 45.0 Å².